The van der Waals surface area contributed by atoms with Crippen LogP contribution < -0.4 is 21.3 Å². The van der Waals surface area contributed by atoms with Crippen molar-refractivity contribution in [2.45, 2.75) is 38.6 Å². The highest BCUT2D eigenvalue weighted by Gasteiger charge is 2.39. The van der Waals surface area contributed by atoms with E-state index in [1.807, 2.05) is 0 Å². The van der Waals surface area contributed by atoms with Crippen LogP contribution in [0.2, 0.25) is 0 Å². The molecule has 1 aliphatic carbocycles. The predicted molar refractivity (Wildman–Crippen MR) is 89.4 cm³/mol. The Balaban J connectivity index is 1.87. The fourth-order valence-electron chi connectivity index (χ4n) is 2.34. The van der Waals surface area contributed by atoms with Gasteiger partial charge < -0.3 is 20.4 Å². The molecule has 2 heterocycles. The van der Waals surface area contributed by atoms with Crippen LogP contribution in [0.5, 0.6) is 5.88 Å². The molecular weight excluding hydrogens is 329 g/mol. The summed E-state index contributed by atoms with van der Waals surface area (Å²) in [6.07, 6.45) is 1.78. The number of nitrogens with zero attached hydrogens (tertiary/aromatic N) is 3. The van der Waals surface area contributed by atoms with Gasteiger partial charge in [0.1, 0.15) is 17.4 Å². The number of alkyl halides is 1. The molecule has 0 bridgehead atoms. The molecule has 2 aromatic heterocycles. The van der Waals surface area contributed by atoms with E-state index in [1.165, 1.54) is 23.0 Å². The number of halogens is 1. The minimum Gasteiger partial charge on any atom is -0.474 e. The van der Waals surface area contributed by atoms with Gasteiger partial charge in [-0.2, -0.15) is 4.98 Å². The predicted octanol–water partition coefficient (Wildman–Crippen LogP) is 1.54. The van der Waals surface area contributed by atoms with Gasteiger partial charge >= 0.3 is 0 Å². The van der Waals surface area contributed by atoms with Gasteiger partial charge in [-0.1, -0.05) is 0 Å². The summed E-state index contributed by atoms with van der Waals surface area (Å²) in [6, 6.07) is 2.56. The van der Waals surface area contributed by atoms with Crippen molar-refractivity contribution in [3.8, 4) is 5.88 Å². The molecule has 132 valence electrons. The van der Waals surface area contributed by atoms with Crippen molar-refractivity contribution in [3.05, 3.63) is 40.4 Å². The first kappa shape index (κ1) is 16.9. The number of rotatable bonds is 5. The molecule has 1 fully saturated rings. The van der Waals surface area contributed by atoms with Gasteiger partial charge in [0.15, 0.2) is 0 Å². The number of carbonyl (C=O) groups excluding carboxylic acids is 1. The van der Waals surface area contributed by atoms with Crippen LogP contribution >= 0.6 is 0 Å². The summed E-state index contributed by atoms with van der Waals surface area (Å²) in [5, 5.41) is 2.50. The Bertz CT molecular complexity index is 867. The largest absolute Gasteiger partial charge is 0.474 e. The molecule has 0 aliphatic heterocycles. The van der Waals surface area contributed by atoms with Gasteiger partial charge in [-0.15, -0.1) is 0 Å². The Kier molecular flexibility index (Phi) is 4.39. The van der Waals surface area contributed by atoms with Crippen LogP contribution in [-0.2, 0) is 0 Å². The molecule has 0 aromatic carbocycles. The molecule has 1 saturated carbocycles. The Morgan fingerprint density at radius 1 is 1.52 bits per heavy atom. The van der Waals surface area contributed by atoms with Gasteiger partial charge in [0.25, 0.3) is 11.5 Å². The van der Waals surface area contributed by atoms with Crippen molar-refractivity contribution in [2.24, 2.45) is 0 Å². The number of hydrogen-bond acceptors (Lipinski definition) is 6. The lowest BCUT2D eigenvalue weighted by Crippen LogP contribution is -2.26. The third kappa shape index (κ3) is 3.59. The summed E-state index contributed by atoms with van der Waals surface area (Å²) in [4.78, 5) is 32.6. The molecule has 0 radical (unpaired) electrons. The number of hydrogen-bond donors (Lipinski definition) is 2. The van der Waals surface area contributed by atoms with E-state index in [4.69, 9.17) is 10.5 Å². The Morgan fingerprint density at radius 2 is 2.24 bits per heavy atom. The zero-order valence-electron chi connectivity index (χ0n) is 13.8. The second-order valence-electron chi connectivity index (χ2n) is 6.02. The van der Waals surface area contributed by atoms with E-state index in [9.17, 15) is 14.0 Å². The SMILES string of the molecule is CC(C)Oc1nc(N)ncc1C(=O)Nc1cccn(C2CC2F)c1=O. The standard InChI is InChI=1S/C16H18FN5O3/c1-8(2)25-14-9(7-19-16(18)21-14)13(23)20-11-4-3-5-22(15(11)24)12-6-10(12)17/h3-5,7-8,10,12H,6H2,1-2H3,(H,20,23)(H2,18,19,21). The lowest BCUT2D eigenvalue weighted by molar-refractivity contribution is 0.101. The zero-order valence-corrected chi connectivity index (χ0v) is 13.8. The van der Waals surface area contributed by atoms with Crippen molar-refractivity contribution in [1.29, 1.82) is 0 Å². The highest BCUT2D eigenvalue weighted by molar-refractivity contribution is 6.05. The number of nitrogen functional groups attached to an aromatic ring is 1. The van der Waals surface area contributed by atoms with Crippen molar-refractivity contribution >= 4 is 17.5 Å². The number of nitrogens with two attached hydrogens (primary N) is 1. The Morgan fingerprint density at radius 3 is 2.88 bits per heavy atom. The van der Waals surface area contributed by atoms with E-state index in [0.717, 1.165) is 0 Å². The first-order valence-electron chi connectivity index (χ1n) is 7.82. The van der Waals surface area contributed by atoms with E-state index < -0.39 is 23.7 Å². The molecule has 0 saturated heterocycles. The highest BCUT2D eigenvalue weighted by atomic mass is 19.1. The van der Waals surface area contributed by atoms with E-state index in [0.29, 0.717) is 6.42 Å². The second kappa shape index (κ2) is 6.50. The van der Waals surface area contributed by atoms with Crippen molar-refractivity contribution < 1.29 is 13.9 Å². The number of anilines is 2. The van der Waals surface area contributed by atoms with Crippen LogP contribution in [0.4, 0.5) is 16.0 Å². The average Bonchev–Trinajstić information content (AvgIpc) is 3.25. The van der Waals surface area contributed by atoms with Crippen molar-refractivity contribution in [1.82, 2.24) is 14.5 Å². The van der Waals surface area contributed by atoms with E-state index in [1.54, 1.807) is 19.9 Å². The molecule has 1 aliphatic rings. The quantitative estimate of drug-likeness (QED) is 0.848. The van der Waals surface area contributed by atoms with Crippen LogP contribution in [0.25, 0.3) is 0 Å². The van der Waals surface area contributed by atoms with Crippen LogP contribution in [0.3, 0.4) is 0 Å². The smallest absolute Gasteiger partial charge is 0.274 e. The zero-order chi connectivity index (χ0) is 18.1. The summed E-state index contributed by atoms with van der Waals surface area (Å²) < 4.78 is 20.0. The monoisotopic (exact) mass is 347 g/mol. The topological polar surface area (TPSA) is 112 Å². The highest BCUT2D eigenvalue weighted by Crippen LogP contribution is 2.37. The van der Waals surface area contributed by atoms with Crippen LogP contribution in [0.1, 0.15) is 36.7 Å². The number of carbonyl (C=O) groups is 1. The summed E-state index contributed by atoms with van der Waals surface area (Å²) in [7, 11) is 0. The van der Waals surface area contributed by atoms with Crippen LogP contribution in [0, 0.1) is 0 Å². The molecule has 3 rings (SSSR count). The second-order valence-corrected chi connectivity index (χ2v) is 6.02. The van der Waals surface area contributed by atoms with Crippen LogP contribution in [-0.4, -0.2) is 32.7 Å². The molecule has 2 unspecified atom stereocenters. The number of pyridine rings is 1. The molecule has 2 atom stereocenters. The van der Waals surface area contributed by atoms with Crippen LogP contribution in [0.15, 0.2) is 29.3 Å². The minimum atomic E-state index is -1.03. The van der Waals surface area contributed by atoms with Crippen molar-refractivity contribution in [2.75, 3.05) is 11.1 Å². The van der Waals surface area contributed by atoms with Gasteiger partial charge in [-0.3, -0.25) is 9.59 Å². The van der Waals surface area contributed by atoms with Crippen molar-refractivity contribution in [3.63, 3.8) is 0 Å². The van der Waals surface area contributed by atoms with E-state index >= 15 is 0 Å². The summed E-state index contributed by atoms with van der Waals surface area (Å²) in [6.45, 7) is 3.55. The first-order chi connectivity index (χ1) is 11.9. The maximum Gasteiger partial charge on any atom is 0.274 e. The van der Waals surface area contributed by atoms with Gasteiger partial charge in [-0.05, 0) is 26.0 Å². The minimum absolute atomic E-state index is 0.0299. The Hall–Kier alpha value is -2.97. The molecular formula is C16H18FN5O3. The maximum atomic E-state index is 13.2. The lowest BCUT2D eigenvalue weighted by Gasteiger charge is -2.13. The third-order valence-electron chi connectivity index (χ3n) is 3.63. The lowest BCUT2D eigenvalue weighted by atomic mass is 10.3. The third-order valence-corrected chi connectivity index (χ3v) is 3.63. The fourth-order valence-corrected chi connectivity index (χ4v) is 2.34. The molecule has 8 nitrogen and oxygen atoms in total. The maximum absolute atomic E-state index is 13.2. The normalized spacial score (nSPS) is 18.9. The first-order valence-corrected chi connectivity index (χ1v) is 7.82. The molecule has 0 spiro atoms. The average molecular weight is 347 g/mol. The van der Waals surface area contributed by atoms with E-state index in [2.05, 4.69) is 15.3 Å². The summed E-state index contributed by atoms with van der Waals surface area (Å²) >= 11 is 0. The molecule has 2 aromatic rings. The number of nitrogens with one attached hydrogen (secondary N) is 1. The summed E-state index contributed by atoms with van der Waals surface area (Å²) in [5.74, 6) is -0.614. The molecule has 9 heteroatoms. The number of aromatic nitrogens is 3. The number of ether oxygens (including phenoxy) is 1. The van der Waals surface area contributed by atoms with Gasteiger partial charge in [0, 0.05) is 18.8 Å². The van der Waals surface area contributed by atoms with Gasteiger partial charge in [-0.25, -0.2) is 9.37 Å². The molecule has 1 amide bonds. The number of amides is 1. The summed E-state index contributed by atoms with van der Waals surface area (Å²) in [5.41, 5.74) is 5.15. The fraction of sp³-hybridized carbons (Fsp3) is 0.375. The van der Waals surface area contributed by atoms with Gasteiger partial charge in [0.05, 0.1) is 12.1 Å². The molecule has 25 heavy (non-hydrogen) atoms. The molecule has 3 N–H and O–H groups in total. The van der Waals surface area contributed by atoms with E-state index in [-0.39, 0.29) is 29.2 Å². The van der Waals surface area contributed by atoms with Gasteiger partial charge in [0.2, 0.25) is 11.8 Å². The Labute approximate surface area is 142 Å².